The predicted octanol–water partition coefficient (Wildman–Crippen LogP) is 2.63. The number of rotatable bonds is 3. The fraction of sp³-hybridized carbons (Fsp3) is 0.200. The topological polar surface area (TPSA) is 42.0 Å². The van der Waals surface area contributed by atoms with Crippen LogP contribution >= 0.6 is 0 Å². The van der Waals surface area contributed by atoms with E-state index in [2.05, 4.69) is 10.3 Å². The summed E-state index contributed by atoms with van der Waals surface area (Å²) >= 11 is 0. The number of amides is 1. The van der Waals surface area contributed by atoms with Gasteiger partial charge in [-0.15, -0.1) is 0 Å². The fourth-order valence-corrected chi connectivity index (χ4v) is 1.65. The summed E-state index contributed by atoms with van der Waals surface area (Å²) in [6.07, 6.45) is 0. The molecule has 18 heavy (non-hydrogen) atoms. The maximum absolute atomic E-state index is 11.9. The van der Waals surface area contributed by atoms with Gasteiger partial charge < -0.3 is 5.32 Å². The van der Waals surface area contributed by atoms with E-state index in [-0.39, 0.29) is 5.91 Å². The van der Waals surface area contributed by atoms with Crippen LogP contribution in [0.4, 0.5) is 0 Å². The van der Waals surface area contributed by atoms with Crippen molar-refractivity contribution in [2.45, 2.75) is 20.4 Å². The normalized spacial score (nSPS) is 10.1. The van der Waals surface area contributed by atoms with Gasteiger partial charge in [0.1, 0.15) is 5.69 Å². The molecule has 0 aliphatic carbocycles. The first kappa shape index (κ1) is 12.3. The Balaban J connectivity index is 1.98. The van der Waals surface area contributed by atoms with Gasteiger partial charge in [0, 0.05) is 12.2 Å². The third-order valence-electron chi connectivity index (χ3n) is 2.69. The molecule has 0 aliphatic rings. The summed E-state index contributed by atoms with van der Waals surface area (Å²) in [6, 6.07) is 13.5. The van der Waals surface area contributed by atoms with Crippen LogP contribution in [-0.4, -0.2) is 10.9 Å². The van der Waals surface area contributed by atoms with Crippen LogP contribution in [-0.2, 0) is 6.54 Å². The lowest BCUT2D eigenvalue weighted by Crippen LogP contribution is -2.23. The van der Waals surface area contributed by atoms with Gasteiger partial charge in [0.15, 0.2) is 0 Å². The number of aromatic nitrogens is 1. The van der Waals surface area contributed by atoms with E-state index in [1.807, 2.05) is 50.2 Å². The highest BCUT2D eigenvalue weighted by Gasteiger charge is 2.06. The molecule has 92 valence electrons. The minimum Gasteiger partial charge on any atom is -0.347 e. The third kappa shape index (κ3) is 3.17. The van der Waals surface area contributed by atoms with Crippen molar-refractivity contribution in [1.82, 2.24) is 10.3 Å². The maximum atomic E-state index is 11.9. The Bertz CT molecular complexity index is 547. The first-order valence-electron chi connectivity index (χ1n) is 5.92. The molecule has 1 aromatic heterocycles. The molecule has 1 heterocycles. The van der Waals surface area contributed by atoms with Crippen LogP contribution in [0.2, 0.25) is 0 Å². The van der Waals surface area contributed by atoms with E-state index in [4.69, 9.17) is 0 Å². The number of carbonyl (C=O) groups is 1. The number of nitrogens with one attached hydrogen (secondary N) is 1. The number of hydrogen-bond donors (Lipinski definition) is 1. The Labute approximate surface area is 107 Å². The van der Waals surface area contributed by atoms with Gasteiger partial charge in [0.2, 0.25) is 0 Å². The second-order valence-electron chi connectivity index (χ2n) is 4.33. The Morgan fingerprint density at radius 3 is 2.50 bits per heavy atom. The standard InChI is InChI=1S/C15H16N2O/c1-11-6-8-13(9-7-11)10-16-15(18)14-5-3-4-12(2)17-14/h3-9H,10H2,1-2H3,(H,16,18). The predicted molar refractivity (Wildman–Crippen MR) is 71.3 cm³/mol. The molecule has 3 nitrogen and oxygen atoms in total. The number of nitrogens with zero attached hydrogens (tertiary/aromatic N) is 1. The summed E-state index contributed by atoms with van der Waals surface area (Å²) in [4.78, 5) is 16.1. The SMILES string of the molecule is Cc1ccc(CNC(=O)c2cccc(C)n2)cc1. The summed E-state index contributed by atoms with van der Waals surface area (Å²) in [5.41, 5.74) is 3.60. The molecule has 0 atom stereocenters. The average molecular weight is 240 g/mol. The van der Waals surface area contributed by atoms with E-state index in [0.29, 0.717) is 12.2 Å². The van der Waals surface area contributed by atoms with Crippen LogP contribution in [0.5, 0.6) is 0 Å². The Morgan fingerprint density at radius 2 is 1.83 bits per heavy atom. The molecule has 0 saturated carbocycles. The number of aryl methyl sites for hydroxylation is 2. The van der Waals surface area contributed by atoms with Gasteiger partial charge in [-0.1, -0.05) is 35.9 Å². The molecule has 1 N–H and O–H groups in total. The molecule has 1 aromatic carbocycles. The highest BCUT2D eigenvalue weighted by atomic mass is 16.1. The molecular weight excluding hydrogens is 224 g/mol. The van der Waals surface area contributed by atoms with Crippen molar-refractivity contribution in [2.24, 2.45) is 0 Å². The number of hydrogen-bond acceptors (Lipinski definition) is 2. The first-order chi connectivity index (χ1) is 8.65. The first-order valence-corrected chi connectivity index (χ1v) is 5.92. The maximum Gasteiger partial charge on any atom is 0.270 e. The monoisotopic (exact) mass is 240 g/mol. The van der Waals surface area contributed by atoms with E-state index >= 15 is 0 Å². The van der Waals surface area contributed by atoms with Gasteiger partial charge in [-0.3, -0.25) is 4.79 Å². The van der Waals surface area contributed by atoms with E-state index < -0.39 is 0 Å². The smallest absolute Gasteiger partial charge is 0.270 e. The molecule has 0 saturated heterocycles. The second kappa shape index (κ2) is 5.45. The van der Waals surface area contributed by atoms with Crippen molar-refractivity contribution < 1.29 is 4.79 Å². The quantitative estimate of drug-likeness (QED) is 0.896. The molecule has 0 spiro atoms. The van der Waals surface area contributed by atoms with Crippen molar-refractivity contribution in [1.29, 1.82) is 0 Å². The molecule has 0 fully saturated rings. The van der Waals surface area contributed by atoms with Crippen molar-refractivity contribution >= 4 is 5.91 Å². The second-order valence-corrected chi connectivity index (χ2v) is 4.33. The lowest BCUT2D eigenvalue weighted by Gasteiger charge is -2.05. The lowest BCUT2D eigenvalue weighted by atomic mass is 10.1. The molecule has 2 aromatic rings. The van der Waals surface area contributed by atoms with Crippen LogP contribution in [0.25, 0.3) is 0 Å². The zero-order valence-electron chi connectivity index (χ0n) is 10.6. The lowest BCUT2D eigenvalue weighted by molar-refractivity contribution is 0.0945. The van der Waals surface area contributed by atoms with Gasteiger partial charge in [0.25, 0.3) is 5.91 Å². The van der Waals surface area contributed by atoms with E-state index in [1.54, 1.807) is 6.07 Å². The van der Waals surface area contributed by atoms with Crippen LogP contribution in [0.1, 0.15) is 27.3 Å². The number of pyridine rings is 1. The largest absolute Gasteiger partial charge is 0.347 e. The van der Waals surface area contributed by atoms with Crippen LogP contribution < -0.4 is 5.32 Å². The third-order valence-corrected chi connectivity index (χ3v) is 2.69. The summed E-state index contributed by atoms with van der Waals surface area (Å²) in [6.45, 7) is 4.44. The van der Waals surface area contributed by atoms with Crippen LogP contribution in [0, 0.1) is 13.8 Å². The zero-order chi connectivity index (χ0) is 13.0. The van der Waals surface area contributed by atoms with Crippen molar-refractivity contribution in [3.8, 4) is 0 Å². The van der Waals surface area contributed by atoms with Crippen LogP contribution in [0.15, 0.2) is 42.5 Å². The molecule has 0 bridgehead atoms. The van der Waals surface area contributed by atoms with Gasteiger partial charge in [-0.05, 0) is 31.5 Å². The van der Waals surface area contributed by atoms with Gasteiger partial charge >= 0.3 is 0 Å². The fourth-order valence-electron chi connectivity index (χ4n) is 1.65. The van der Waals surface area contributed by atoms with Gasteiger partial charge in [-0.25, -0.2) is 4.98 Å². The van der Waals surface area contributed by atoms with E-state index in [1.165, 1.54) is 5.56 Å². The minimum absolute atomic E-state index is 0.140. The average Bonchev–Trinajstić information content (AvgIpc) is 2.38. The Hall–Kier alpha value is -2.16. The highest BCUT2D eigenvalue weighted by Crippen LogP contribution is 2.03. The summed E-state index contributed by atoms with van der Waals surface area (Å²) in [5, 5.41) is 2.86. The van der Waals surface area contributed by atoms with Crippen LogP contribution in [0.3, 0.4) is 0 Å². The van der Waals surface area contributed by atoms with Crippen molar-refractivity contribution in [3.63, 3.8) is 0 Å². The molecule has 0 radical (unpaired) electrons. The highest BCUT2D eigenvalue weighted by molar-refractivity contribution is 5.92. The molecular formula is C15H16N2O. The van der Waals surface area contributed by atoms with Crippen molar-refractivity contribution in [3.05, 3.63) is 65.0 Å². The van der Waals surface area contributed by atoms with Gasteiger partial charge in [-0.2, -0.15) is 0 Å². The minimum atomic E-state index is -0.140. The number of benzene rings is 1. The zero-order valence-corrected chi connectivity index (χ0v) is 10.6. The Kier molecular flexibility index (Phi) is 3.72. The van der Waals surface area contributed by atoms with E-state index in [9.17, 15) is 4.79 Å². The van der Waals surface area contributed by atoms with Gasteiger partial charge in [0.05, 0.1) is 0 Å². The molecule has 1 amide bonds. The summed E-state index contributed by atoms with van der Waals surface area (Å²) in [5.74, 6) is -0.140. The molecule has 3 heteroatoms. The van der Waals surface area contributed by atoms with Crippen molar-refractivity contribution in [2.75, 3.05) is 0 Å². The molecule has 0 unspecified atom stereocenters. The van der Waals surface area contributed by atoms with E-state index in [0.717, 1.165) is 11.3 Å². The number of carbonyl (C=O) groups excluding carboxylic acids is 1. The summed E-state index contributed by atoms with van der Waals surface area (Å²) < 4.78 is 0. The molecule has 0 aliphatic heterocycles. The summed E-state index contributed by atoms with van der Waals surface area (Å²) in [7, 11) is 0. The molecule has 2 rings (SSSR count). The Morgan fingerprint density at radius 1 is 1.11 bits per heavy atom.